The molecule has 0 unspecified atom stereocenters. The van der Waals surface area contributed by atoms with Gasteiger partial charge in [-0.15, -0.1) is 0 Å². The Bertz CT molecular complexity index is 351. The molecule has 0 spiro atoms. The van der Waals surface area contributed by atoms with Gasteiger partial charge in [0.2, 0.25) is 5.89 Å². The second-order valence-electron chi connectivity index (χ2n) is 3.88. The summed E-state index contributed by atoms with van der Waals surface area (Å²) in [6, 6.07) is 0. The first-order valence-electron chi connectivity index (χ1n) is 5.72. The van der Waals surface area contributed by atoms with E-state index in [-0.39, 0.29) is 5.97 Å². The van der Waals surface area contributed by atoms with Crippen LogP contribution in [-0.4, -0.2) is 41.7 Å². The van der Waals surface area contributed by atoms with Crippen molar-refractivity contribution in [2.24, 2.45) is 0 Å². The fourth-order valence-corrected chi connectivity index (χ4v) is 1.41. The Morgan fingerprint density at radius 1 is 1.53 bits per heavy atom. The number of ether oxygens (including phenoxy) is 1. The minimum absolute atomic E-state index is 0.175. The van der Waals surface area contributed by atoms with E-state index in [1.165, 1.54) is 7.11 Å². The average molecular weight is 241 g/mol. The maximum atomic E-state index is 10.9. The van der Waals surface area contributed by atoms with Gasteiger partial charge in [0.1, 0.15) is 0 Å². The molecule has 6 nitrogen and oxygen atoms in total. The molecule has 96 valence electrons. The molecule has 1 heterocycles. The number of hydrogen-bond donors (Lipinski definition) is 0. The number of carbonyl (C=O) groups excluding carboxylic acids is 1. The van der Waals surface area contributed by atoms with Crippen LogP contribution < -0.4 is 0 Å². The number of methoxy groups -OCH3 is 1. The molecule has 1 aromatic heterocycles. The highest BCUT2D eigenvalue weighted by Gasteiger charge is 2.08. The molecule has 0 saturated carbocycles. The summed E-state index contributed by atoms with van der Waals surface area (Å²) >= 11 is 0. The number of esters is 1. The Kier molecular flexibility index (Phi) is 5.62. The lowest BCUT2D eigenvalue weighted by Crippen LogP contribution is -2.20. The third-order valence-corrected chi connectivity index (χ3v) is 2.37. The third-order valence-electron chi connectivity index (χ3n) is 2.37. The molecular weight excluding hydrogens is 222 g/mol. The second-order valence-corrected chi connectivity index (χ2v) is 3.88. The monoisotopic (exact) mass is 241 g/mol. The maximum Gasteiger partial charge on any atom is 0.305 e. The van der Waals surface area contributed by atoms with E-state index < -0.39 is 0 Å². The molecule has 1 aromatic rings. The van der Waals surface area contributed by atoms with Crippen LogP contribution in [0.15, 0.2) is 4.52 Å². The standard InChI is InChI=1S/C11H19N3O3/c1-4-10-12-9(13-17-10)8-14(2)7-5-6-11(15)16-3/h4-8H2,1-3H3. The van der Waals surface area contributed by atoms with Gasteiger partial charge in [0, 0.05) is 12.8 Å². The van der Waals surface area contributed by atoms with Crippen LogP contribution in [0.3, 0.4) is 0 Å². The summed E-state index contributed by atoms with van der Waals surface area (Å²) in [6.07, 6.45) is 1.95. The Balaban J connectivity index is 2.24. The van der Waals surface area contributed by atoms with E-state index in [1.807, 2.05) is 18.9 Å². The Morgan fingerprint density at radius 2 is 2.29 bits per heavy atom. The smallest absolute Gasteiger partial charge is 0.305 e. The largest absolute Gasteiger partial charge is 0.469 e. The van der Waals surface area contributed by atoms with Crippen molar-refractivity contribution in [3.8, 4) is 0 Å². The summed E-state index contributed by atoms with van der Waals surface area (Å²) in [6.45, 7) is 3.40. The number of rotatable bonds is 7. The highest BCUT2D eigenvalue weighted by atomic mass is 16.5. The molecule has 0 N–H and O–H groups in total. The van der Waals surface area contributed by atoms with Crippen LogP contribution in [0, 0.1) is 0 Å². The van der Waals surface area contributed by atoms with Gasteiger partial charge in [-0.25, -0.2) is 0 Å². The molecule has 0 aliphatic heterocycles. The van der Waals surface area contributed by atoms with E-state index in [2.05, 4.69) is 14.9 Å². The van der Waals surface area contributed by atoms with Crippen LogP contribution in [-0.2, 0) is 22.5 Å². The Hall–Kier alpha value is -1.43. The summed E-state index contributed by atoms with van der Waals surface area (Å²) in [5.41, 5.74) is 0. The van der Waals surface area contributed by atoms with Gasteiger partial charge < -0.3 is 9.26 Å². The predicted octanol–water partition coefficient (Wildman–Crippen LogP) is 1.02. The molecule has 0 saturated heterocycles. The molecule has 0 aromatic carbocycles. The van der Waals surface area contributed by atoms with Crippen molar-refractivity contribution < 1.29 is 14.1 Å². The summed E-state index contributed by atoms with van der Waals surface area (Å²) in [7, 11) is 3.36. The first-order chi connectivity index (χ1) is 8.15. The van der Waals surface area contributed by atoms with E-state index in [1.54, 1.807) is 0 Å². The Labute approximate surface area is 101 Å². The van der Waals surface area contributed by atoms with Gasteiger partial charge in [-0.1, -0.05) is 12.1 Å². The molecule has 1 rings (SSSR count). The predicted molar refractivity (Wildman–Crippen MR) is 61.3 cm³/mol. The molecular formula is C11H19N3O3. The van der Waals surface area contributed by atoms with Gasteiger partial charge in [-0.3, -0.25) is 9.69 Å². The van der Waals surface area contributed by atoms with Gasteiger partial charge >= 0.3 is 5.97 Å². The van der Waals surface area contributed by atoms with Crippen molar-refractivity contribution in [1.29, 1.82) is 0 Å². The summed E-state index contributed by atoms with van der Waals surface area (Å²) in [4.78, 5) is 17.2. The van der Waals surface area contributed by atoms with Crippen LogP contribution in [0.25, 0.3) is 0 Å². The maximum absolute atomic E-state index is 10.9. The molecule has 0 aliphatic rings. The zero-order chi connectivity index (χ0) is 12.7. The minimum atomic E-state index is -0.175. The zero-order valence-electron chi connectivity index (χ0n) is 10.6. The molecule has 0 atom stereocenters. The summed E-state index contributed by atoms with van der Waals surface area (Å²) in [5, 5.41) is 3.87. The van der Waals surface area contributed by atoms with Crippen LogP contribution in [0.2, 0.25) is 0 Å². The first kappa shape index (κ1) is 13.6. The van der Waals surface area contributed by atoms with Crippen molar-refractivity contribution in [3.05, 3.63) is 11.7 Å². The van der Waals surface area contributed by atoms with Gasteiger partial charge in [0.25, 0.3) is 0 Å². The van der Waals surface area contributed by atoms with E-state index >= 15 is 0 Å². The fraction of sp³-hybridized carbons (Fsp3) is 0.727. The van der Waals surface area contributed by atoms with Crippen molar-refractivity contribution in [2.45, 2.75) is 32.7 Å². The normalized spacial score (nSPS) is 10.8. The lowest BCUT2D eigenvalue weighted by Gasteiger charge is -2.13. The van der Waals surface area contributed by atoms with Crippen LogP contribution in [0.4, 0.5) is 0 Å². The van der Waals surface area contributed by atoms with E-state index in [4.69, 9.17) is 4.52 Å². The summed E-state index contributed by atoms with van der Waals surface area (Å²) < 4.78 is 9.58. The summed E-state index contributed by atoms with van der Waals surface area (Å²) in [5.74, 6) is 1.16. The van der Waals surface area contributed by atoms with Gasteiger partial charge in [-0.2, -0.15) is 4.98 Å². The van der Waals surface area contributed by atoms with Crippen molar-refractivity contribution in [1.82, 2.24) is 15.0 Å². The topological polar surface area (TPSA) is 68.5 Å². The van der Waals surface area contributed by atoms with Crippen molar-refractivity contribution in [3.63, 3.8) is 0 Å². The SMILES string of the molecule is CCc1nc(CN(C)CCCC(=O)OC)no1. The van der Waals surface area contributed by atoms with E-state index in [0.29, 0.717) is 24.7 Å². The molecule has 0 amide bonds. The number of aryl methyl sites for hydroxylation is 1. The lowest BCUT2D eigenvalue weighted by molar-refractivity contribution is -0.140. The zero-order valence-corrected chi connectivity index (χ0v) is 10.6. The third kappa shape index (κ3) is 4.95. The van der Waals surface area contributed by atoms with Crippen molar-refractivity contribution >= 4 is 5.97 Å². The van der Waals surface area contributed by atoms with Crippen LogP contribution in [0.1, 0.15) is 31.5 Å². The van der Waals surface area contributed by atoms with E-state index in [9.17, 15) is 4.79 Å². The van der Waals surface area contributed by atoms with Gasteiger partial charge in [-0.05, 0) is 20.0 Å². The van der Waals surface area contributed by atoms with Crippen LogP contribution >= 0.6 is 0 Å². The minimum Gasteiger partial charge on any atom is -0.469 e. The second kappa shape index (κ2) is 7.01. The highest BCUT2D eigenvalue weighted by molar-refractivity contribution is 5.69. The van der Waals surface area contributed by atoms with Gasteiger partial charge in [0.05, 0.1) is 13.7 Å². The van der Waals surface area contributed by atoms with E-state index in [0.717, 1.165) is 19.4 Å². The molecule has 0 radical (unpaired) electrons. The number of hydrogen-bond acceptors (Lipinski definition) is 6. The molecule has 0 fully saturated rings. The number of carbonyl (C=O) groups is 1. The molecule has 0 bridgehead atoms. The highest BCUT2D eigenvalue weighted by Crippen LogP contribution is 2.02. The number of nitrogens with zero attached hydrogens (tertiary/aromatic N) is 3. The molecule has 6 heteroatoms. The lowest BCUT2D eigenvalue weighted by atomic mass is 10.3. The fourth-order valence-electron chi connectivity index (χ4n) is 1.41. The average Bonchev–Trinajstić information content (AvgIpc) is 2.76. The molecule has 0 aliphatic carbocycles. The number of aromatic nitrogens is 2. The van der Waals surface area contributed by atoms with Gasteiger partial charge in [0.15, 0.2) is 5.82 Å². The van der Waals surface area contributed by atoms with Crippen LogP contribution in [0.5, 0.6) is 0 Å². The Morgan fingerprint density at radius 3 is 2.88 bits per heavy atom. The quantitative estimate of drug-likeness (QED) is 0.664. The molecule has 17 heavy (non-hydrogen) atoms. The van der Waals surface area contributed by atoms with Crippen molar-refractivity contribution in [2.75, 3.05) is 20.7 Å². The first-order valence-corrected chi connectivity index (χ1v) is 5.72.